The molecule has 3 rings (SSSR count). The molecule has 1 aromatic rings. The van der Waals surface area contributed by atoms with Crippen molar-refractivity contribution in [1.82, 2.24) is 15.1 Å². The van der Waals surface area contributed by atoms with E-state index < -0.39 is 17.9 Å². The van der Waals surface area contributed by atoms with Gasteiger partial charge in [-0.3, -0.25) is 14.9 Å². The van der Waals surface area contributed by atoms with Gasteiger partial charge in [0.25, 0.3) is 0 Å². The number of ether oxygens (including phenoxy) is 1. The van der Waals surface area contributed by atoms with Crippen LogP contribution >= 0.6 is 0 Å². The molecule has 140 valence electrons. The molecule has 2 heterocycles. The lowest BCUT2D eigenvalue weighted by atomic mass is 9.91. The van der Waals surface area contributed by atoms with Gasteiger partial charge in [0.15, 0.2) is 5.92 Å². The van der Waals surface area contributed by atoms with Crippen LogP contribution in [0.15, 0.2) is 29.3 Å². The van der Waals surface area contributed by atoms with Crippen molar-refractivity contribution in [2.45, 2.75) is 19.9 Å². The smallest absolute Gasteiger partial charge is 0.321 e. The summed E-state index contributed by atoms with van der Waals surface area (Å²) in [5.74, 6) is -1.29. The summed E-state index contributed by atoms with van der Waals surface area (Å²) in [4.78, 5) is 34.2. The van der Waals surface area contributed by atoms with E-state index in [0.29, 0.717) is 5.96 Å². The van der Waals surface area contributed by atoms with Crippen molar-refractivity contribution < 1.29 is 14.3 Å². The van der Waals surface area contributed by atoms with Crippen LogP contribution in [0.1, 0.15) is 24.1 Å². The number of piperazine rings is 1. The van der Waals surface area contributed by atoms with Crippen molar-refractivity contribution in [2.24, 2.45) is 10.9 Å². The molecule has 7 heteroatoms. The van der Waals surface area contributed by atoms with Crippen LogP contribution in [-0.4, -0.2) is 67.5 Å². The fourth-order valence-electron chi connectivity index (χ4n) is 3.25. The summed E-state index contributed by atoms with van der Waals surface area (Å²) in [5.41, 5.74) is 1.96. The van der Waals surface area contributed by atoms with E-state index in [1.54, 1.807) is 6.92 Å². The third-order valence-electron chi connectivity index (χ3n) is 4.86. The quantitative estimate of drug-likeness (QED) is 0.643. The normalized spacial score (nSPS) is 24.0. The minimum absolute atomic E-state index is 0.234. The Hall–Kier alpha value is -2.41. The molecule has 2 atom stereocenters. The van der Waals surface area contributed by atoms with Crippen LogP contribution in [0.3, 0.4) is 0 Å². The van der Waals surface area contributed by atoms with Gasteiger partial charge in [-0.15, -0.1) is 0 Å². The molecule has 1 aromatic carbocycles. The third kappa shape index (κ3) is 3.88. The van der Waals surface area contributed by atoms with Gasteiger partial charge in [0, 0.05) is 26.2 Å². The monoisotopic (exact) mass is 358 g/mol. The molecule has 0 aromatic heterocycles. The van der Waals surface area contributed by atoms with Gasteiger partial charge in [0.05, 0.1) is 6.61 Å². The van der Waals surface area contributed by atoms with E-state index in [9.17, 15) is 9.59 Å². The number of hydrogen-bond donors (Lipinski definition) is 1. The molecule has 1 amide bonds. The second kappa shape index (κ2) is 7.86. The highest BCUT2D eigenvalue weighted by atomic mass is 16.5. The van der Waals surface area contributed by atoms with Gasteiger partial charge in [-0.2, -0.15) is 0 Å². The van der Waals surface area contributed by atoms with E-state index in [-0.39, 0.29) is 12.5 Å². The van der Waals surface area contributed by atoms with Crippen molar-refractivity contribution in [2.75, 3.05) is 39.8 Å². The van der Waals surface area contributed by atoms with Crippen molar-refractivity contribution in [3.8, 4) is 0 Å². The van der Waals surface area contributed by atoms with Crippen LogP contribution in [0, 0.1) is 12.8 Å². The van der Waals surface area contributed by atoms with Crippen LogP contribution < -0.4 is 5.32 Å². The molecular weight excluding hydrogens is 332 g/mol. The van der Waals surface area contributed by atoms with E-state index in [1.165, 1.54) is 0 Å². The average molecular weight is 358 g/mol. The first kappa shape index (κ1) is 18.4. The summed E-state index contributed by atoms with van der Waals surface area (Å²) in [5, 5.41) is 2.82. The van der Waals surface area contributed by atoms with Crippen LogP contribution in [0.25, 0.3) is 0 Å². The summed E-state index contributed by atoms with van der Waals surface area (Å²) < 4.78 is 5.13. The lowest BCUT2D eigenvalue weighted by Crippen LogP contribution is -2.56. The summed E-state index contributed by atoms with van der Waals surface area (Å²) in [6, 6.07) is 7.22. The molecule has 0 aliphatic carbocycles. The number of guanidine groups is 1. The number of carbonyl (C=O) groups is 2. The fraction of sp³-hybridized carbons (Fsp3) is 0.526. The van der Waals surface area contributed by atoms with E-state index in [2.05, 4.69) is 22.2 Å². The lowest BCUT2D eigenvalue weighted by molar-refractivity contribution is -0.153. The Labute approximate surface area is 154 Å². The van der Waals surface area contributed by atoms with Gasteiger partial charge in [-0.05, 0) is 26.5 Å². The Balaban J connectivity index is 1.93. The van der Waals surface area contributed by atoms with Gasteiger partial charge < -0.3 is 14.5 Å². The zero-order valence-electron chi connectivity index (χ0n) is 15.6. The number of aliphatic imine (C=N–C) groups is 1. The first-order valence-electron chi connectivity index (χ1n) is 9.05. The van der Waals surface area contributed by atoms with Crippen LogP contribution in [0.2, 0.25) is 0 Å². The Morgan fingerprint density at radius 2 is 1.88 bits per heavy atom. The standard InChI is InChI=1S/C19H26N4O3/c1-4-26-18(25)15-16(14-7-5-13(2)6-8-14)20-19(21-17(15)24)23-11-9-22(3)10-12-23/h5-8,15-16H,4,9-12H2,1-3H3,(H,20,21,24)/t15-,16+/m0/s1. The van der Waals surface area contributed by atoms with Crippen LogP contribution in [-0.2, 0) is 14.3 Å². The van der Waals surface area contributed by atoms with E-state index in [1.807, 2.05) is 31.2 Å². The van der Waals surface area contributed by atoms with Crippen molar-refractivity contribution in [3.05, 3.63) is 35.4 Å². The molecule has 1 N–H and O–H groups in total. The third-order valence-corrected chi connectivity index (χ3v) is 4.86. The zero-order chi connectivity index (χ0) is 18.7. The molecular formula is C19H26N4O3. The number of esters is 1. The van der Waals surface area contributed by atoms with Crippen LogP contribution in [0.5, 0.6) is 0 Å². The number of carbonyl (C=O) groups excluding carboxylic acids is 2. The van der Waals surface area contributed by atoms with Crippen molar-refractivity contribution in [1.29, 1.82) is 0 Å². The summed E-state index contributed by atoms with van der Waals surface area (Å²) >= 11 is 0. The number of rotatable bonds is 3. The Kier molecular flexibility index (Phi) is 5.56. The van der Waals surface area contributed by atoms with Gasteiger partial charge >= 0.3 is 5.97 Å². The Bertz CT molecular complexity index is 693. The number of nitrogens with zero attached hydrogens (tertiary/aromatic N) is 3. The molecule has 0 bridgehead atoms. The molecule has 0 saturated carbocycles. The highest BCUT2D eigenvalue weighted by Gasteiger charge is 2.42. The molecule has 2 aliphatic rings. The largest absolute Gasteiger partial charge is 0.465 e. The number of benzene rings is 1. The second-order valence-corrected chi connectivity index (χ2v) is 6.82. The number of aryl methyl sites for hydroxylation is 1. The summed E-state index contributed by atoms with van der Waals surface area (Å²) in [7, 11) is 2.07. The van der Waals surface area contributed by atoms with Gasteiger partial charge in [0.1, 0.15) is 6.04 Å². The fourth-order valence-corrected chi connectivity index (χ4v) is 3.25. The maximum atomic E-state index is 12.7. The summed E-state index contributed by atoms with van der Waals surface area (Å²) in [6.07, 6.45) is 0. The number of hydrogen-bond acceptors (Lipinski definition) is 6. The van der Waals surface area contributed by atoms with E-state index in [0.717, 1.165) is 37.3 Å². The van der Waals surface area contributed by atoms with E-state index in [4.69, 9.17) is 9.73 Å². The molecule has 0 spiro atoms. The number of amides is 1. The highest BCUT2D eigenvalue weighted by Crippen LogP contribution is 2.31. The molecule has 2 aliphatic heterocycles. The maximum absolute atomic E-state index is 12.7. The van der Waals surface area contributed by atoms with Gasteiger partial charge in [-0.1, -0.05) is 29.8 Å². The second-order valence-electron chi connectivity index (χ2n) is 6.82. The highest BCUT2D eigenvalue weighted by molar-refractivity contribution is 6.08. The summed E-state index contributed by atoms with van der Waals surface area (Å²) in [6.45, 7) is 7.37. The minimum atomic E-state index is -0.964. The minimum Gasteiger partial charge on any atom is -0.465 e. The molecule has 0 radical (unpaired) electrons. The molecule has 1 fully saturated rings. The SMILES string of the molecule is CCOC(=O)[C@@H]1C(=O)NC(N2CCN(C)CC2)=N[C@@H]1c1ccc(C)cc1. The first-order chi connectivity index (χ1) is 12.5. The molecule has 7 nitrogen and oxygen atoms in total. The Morgan fingerprint density at radius 1 is 1.23 bits per heavy atom. The van der Waals surface area contributed by atoms with Crippen molar-refractivity contribution >= 4 is 17.8 Å². The van der Waals surface area contributed by atoms with Crippen molar-refractivity contribution in [3.63, 3.8) is 0 Å². The van der Waals surface area contributed by atoms with Gasteiger partial charge in [0.2, 0.25) is 11.9 Å². The number of likely N-dealkylation sites (N-methyl/N-ethyl adjacent to an activating group) is 1. The molecule has 26 heavy (non-hydrogen) atoms. The maximum Gasteiger partial charge on any atom is 0.321 e. The topological polar surface area (TPSA) is 74.2 Å². The molecule has 1 saturated heterocycles. The Morgan fingerprint density at radius 3 is 2.50 bits per heavy atom. The van der Waals surface area contributed by atoms with Gasteiger partial charge in [-0.25, -0.2) is 4.99 Å². The predicted octanol–water partition coefficient (Wildman–Crippen LogP) is 0.949. The average Bonchev–Trinajstić information content (AvgIpc) is 2.62. The lowest BCUT2D eigenvalue weighted by Gasteiger charge is -2.37. The number of nitrogens with one attached hydrogen (secondary N) is 1. The predicted molar refractivity (Wildman–Crippen MR) is 98.7 cm³/mol. The molecule has 0 unspecified atom stereocenters. The first-order valence-corrected chi connectivity index (χ1v) is 9.05. The zero-order valence-corrected chi connectivity index (χ0v) is 15.6. The van der Waals surface area contributed by atoms with E-state index >= 15 is 0 Å². The van der Waals surface area contributed by atoms with Crippen LogP contribution in [0.4, 0.5) is 0 Å².